The van der Waals surface area contributed by atoms with Crippen molar-refractivity contribution in [1.82, 2.24) is 9.97 Å². The summed E-state index contributed by atoms with van der Waals surface area (Å²) in [5.74, 6) is -0.569. The van der Waals surface area contributed by atoms with E-state index in [0.29, 0.717) is 10.7 Å². The monoisotopic (exact) mass is 465 g/mol. The molecule has 2 heterocycles. The molecule has 0 aliphatic rings. The van der Waals surface area contributed by atoms with Crippen LogP contribution >= 0.6 is 11.3 Å². The number of benzene rings is 2. The average molecular weight is 466 g/mol. The maximum Gasteiger partial charge on any atom is 0.230 e. The highest BCUT2D eigenvalue weighted by molar-refractivity contribution is 7.90. The summed E-state index contributed by atoms with van der Waals surface area (Å²) in [6.07, 6.45) is 3.27. The fourth-order valence-electron chi connectivity index (χ4n) is 3.40. The second-order valence-electron chi connectivity index (χ2n) is 7.59. The third-order valence-corrected chi connectivity index (χ3v) is 7.70. The van der Waals surface area contributed by atoms with Gasteiger partial charge in [0.1, 0.15) is 0 Å². The lowest BCUT2D eigenvalue weighted by molar-refractivity contribution is -0.118. The van der Waals surface area contributed by atoms with Gasteiger partial charge in [-0.25, -0.2) is 13.4 Å². The summed E-state index contributed by atoms with van der Waals surface area (Å²) in [4.78, 5) is 23.6. The van der Waals surface area contributed by atoms with Crippen LogP contribution in [0.3, 0.4) is 0 Å². The number of sulfone groups is 1. The summed E-state index contributed by atoms with van der Waals surface area (Å²) < 4.78 is 26.2. The van der Waals surface area contributed by atoms with E-state index in [2.05, 4.69) is 4.98 Å². The van der Waals surface area contributed by atoms with Gasteiger partial charge in [-0.15, -0.1) is 0 Å². The van der Waals surface area contributed by atoms with Crippen molar-refractivity contribution in [3.8, 4) is 0 Å². The molecule has 0 unspecified atom stereocenters. The molecule has 0 radical (unpaired) electrons. The SMILES string of the molecule is Cc1cccc2sc(N(Cc3cccnc3)C(=O)CCS(=O)(=O)Cc3ccccc3)nc12. The Morgan fingerprint density at radius 3 is 2.50 bits per heavy atom. The number of fused-ring (bicyclic) bond motifs is 1. The van der Waals surface area contributed by atoms with Gasteiger partial charge in [-0.2, -0.15) is 0 Å². The van der Waals surface area contributed by atoms with Gasteiger partial charge in [-0.1, -0.05) is 59.9 Å². The van der Waals surface area contributed by atoms with Crippen LogP contribution in [-0.4, -0.2) is 30.0 Å². The molecule has 0 saturated carbocycles. The third kappa shape index (κ3) is 5.38. The summed E-state index contributed by atoms with van der Waals surface area (Å²) in [6, 6.07) is 18.6. The number of aryl methyl sites for hydroxylation is 1. The van der Waals surface area contributed by atoms with Crippen molar-refractivity contribution in [2.24, 2.45) is 0 Å². The summed E-state index contributed by atoms with van der Waals surface area (Å²) in [5.41, 5.74) is 3.45. The number of amides is 1. The molecule has 0 bridgehead atoms. The van der Waals surface area contributed by atoms with Crippen molar-refractivity contribution in [3.05, 3.63) is 89.7 Å². The number of hydrogen-bond acceptors (Lipinski definition) is 6. The van der Waals surface area contributed by atoms with Crippen LogP contribution in [0.5, 0.6) is 0 Å². The molecule has 0 aliphatic heterocycles. The lowest BCUT2D eigenvalue weighted by Gasteiger charge is -2.20. The lowest BCUT2D eigenvalue weighted by Crippen LogP contribution is -2.32. The molecule has 164 valence electrons. The molecular formula is C24H23N3O3S2. The Morgan fingerprint density at radius 1 is 1.00 bits per heavy atom. The van der Waals surface area contributed by atoms with Gasteiger partial charge in [-0.3, -0.25) is 14.7 Å². The minimum absolute atomic E-state index is 0.0793. The van der Waals surface area contributed by atoms with E-state index < -0.39 is 9.84 Å². The van der Waals surface area contributed by atoms with E-state index in [9.17, 15) is 13.2 Å². The molecule has 0 atom stereocenters. The van der Waals surface area contributed by atoms with E-state index in [4.69, 9.17) is 4.98 Å². The third-order valence-electron chi connectivity index (χ3n) is 5.06. The van der Waals surface area contributed by atoms with Crippen molar-refractivity contribution in [2.75, 3.05) is 10.7 Å². The average Bonchev–Trinajstić information content (AvgIpc) is 3.22. The Morgan fingerprint density at radius 2 is 1.78 bits per heavy atom. The molecule has 0 saturated heterocycles. The van der Waals surface area contributed by atoms with Crippen molar-refractivity contribution in [2.45, 2.75) is 25.6 Å². The Kier molecular flexibility index (Phi) is 6.62. The summed E-state index contributed by atoms with van der Waals surface area (Å²) in [6.45, 7) is 2.26. The highest BCUT2D eigenvalue weighted by atomic mass is 32.2. The number of pyridine rings is 1. The lowest BCUT2D eigenvalue weighted by atomic mass is 10.2. The number of carbonyl (C=O) groups is 1. The van der Waals surface area contributed by atoms with Crippen molar-refractivity contribution < 1.29 is 13.2 Å². The van der Waals surface area contributed by atoms with Crippen molar-refractivity contribution in [1.29, 1.82) is 0 Å². The topological polar surface area (TPSA) is 80.2 Å². The zero-order chi connectivity index (χ0) is 22.6. The standard InChI is InChI=1S/C24H23N3O3S2/c1-18-7-5-11-21-23(18)26-24(31-21)27(16-20-10-6-13-25-15-20)22(28)12-14-32(29,30)17-19-8-3-2-4-9-19/h2-11,13,15H,12,14,16-17H2,1H3. The van der Waals surface area contributed by atoms with Crippen LogP contribution in [0.15, 0.2) is 73.1 Å². The second kappa shape index (κ2) is 9.58. The van der Waals surface area contributed by atoms with Crippen LogP contribution in [0, 0.1) is 6.92 Å². The molecule has 4 aromatic rings. The van der Waals surface area contributed by atoms with Crippen LogP contribution < -0.4 is 4.90 Å². The fourth-order valence-corrected chi connectivity index (χ4v) is 5.80. The van der Waals surface area contributed by atoms with Gasteiger partial charge < -0.3 is 0 Å². The van der Waals surface area contributed by atoms with Crippen LogP contribution in [0.25, 0.3) is 10.2 Å². The first-order chi connectivity index (χ1) is 15.4. The Labute approximate surface area is 191 Å². The van der Waals surface area contributed by atoms with E-state index in [1.54, 1.807) is 41.6 Å². The number of hydrogen-bond donors (Lipinski definition) is 0. The summed E-state index contributed by atoms with van der Waals surface area (Å²) in [5, 5.41) is 0.559. The molecule has 2 aromatic carbocycles. The minimum atomic E-state index is -3.43. The molecule has 0 spiro atoms. The molecular weight excluding hydrogens is 442 g/mol. The van der Waals surface area contributed by atoms with Crippen molar-refractivity contribution in [3.63, 3.8) is 0 Å². The molecule has 0 aliphatic carbocycles. The molecule has 0 N–H and O–H groups in total. The van der Waals surface area contributed by atoms with Crippen LogP contribution in [-0.2, 0) is 26.9 Å². The highest BCUT2D eigenvalue weighted by Crippen LogP contribution is 2.31. The number of anilines is 1. The van der Waals surface area contributed by atoms with Crippen molar-refractivity contribution >= 4 is 42.4 Å². The molecule has 0 fully saturated rings. The van der Waals surface area contributed by atoms with E-state index >= 15 is 0 Å². The number of aromatic nitrogens is 2. The van der Waals surface area contributed by atoms with E-state index in [0.717, 1.165) is 21.3 Å². The molecule has 2 aromatic heterocycles. The first kappa shape index (κ1) is 22.1. The highest BCUT2D eigenvalue weighted by Gasteiger charge is 2.23. The first-order valence-corrected chi connectivity index (χ1v) is 12.8. The fraction of sp³-hybridized carbons (Fsp3) is 0.208. The number of nitrogens with zero attached hydrogens (tertiary/aromatic N) is 3. The van der Waals surface area contributed by atoms with E-state index in [1.807, 2.05) is 43.3 Å². The minimum Gasteiger partial charge on any atom is -0.284 e. The Balaban J connectivity index is 1.56. The maximum absolute atomic E-state index is 13.2. The summed E-state index contributed by atoms with van der Waals surface area (Å²) in [7, 11) is -3.43. The number of para-hydroxylation sites is 1. The predicted octanol–water partition coefficient (Wildman–Crippen LogP) is 4.54. The smallest absolute Gasteiger partial charge is 0.230 e. The normalized spacial score (nSPS) is 11.5. The zero-order valence-corrected chi connectivity index (χ0v) is 19.3. The van der Waals surface area contributed by atoms with Gasteiger partial charge in [0.15, 0.2) is 15.0 Å². The van der Waals surface area contributed by atoms with E-state index in [1.165, 1.54) is 11.3 Å². The van der Waals surface area contributed by atoms with Crippen LogP contribution in [0.2, 0.25) is 0 Å². The van der Waals surface area contributed by atoms with Gasteiger partial charge in [-0.05, 0) is 35.7 Å². The zero-order valence-electron chi connectivity index (χ0n) is 17.6. The maximum atomic E-state index is 13.2. The quantitative estimate of drug-likeness (QED) is 0.382. The van der Waals surface area contributed by atoms with Gasteiger partial charge in [0.25, 0.3) is 0 Å². The molecule has 4 rings (SSSR count). The van der Waals surface area contributed by atoms with Gasteiger partial charge in [0.05, 0.1) is 28.3 Å². The first-order valence-electron chi connectivity index (χ1n) is 10.2. The van der Waals surface area contributed by atoms with Gasteiger partial charge >= 0.3 is 0 Å². The molecule has 32 heavy (non-hydrogen) atoms. The molecule has 6 nitrogen and oxygen atoms in total. The largest absolute Gasteiger partial charge is 0.284 e. The molecule has 1 amide bonds. The van der Waals surface area contributed by atoms with E-state index in [-0.39, 0.29) is 30.4 Å². The number of carbonyl (C=O) groups excluding carboxylic acids is 1. The van der Waals surface area contributed by atoms with Gasteiger partial charge in [0, 0.05) is 18.8 Å². The Hall–Kier alpha value is -3.10. The van der Waals surface area contributed by atoms with Crippen LogP contribution in [0.4, 0.5) is 5.13 Å². The Bertz CT molecular complexity index is 1320. The predicted molar refractivity (Wildman–Crippen MR) is 128 cm³/mol. The summed E-state index contributed by atoms with van der Waals surface area (Å²) >= 11 is 1.43. The second-order valence-corrected chi connectivity index (χ2v) is 10.8. The number of rotatable bonds is 8. The molecule has 8 heteroatoms. The number of thiazole rings is 1. The van der Waals surface area contributed by atoms with Crippen LogP contribution in [0.1, 0.15) is 23.1 Å². The van der Waals surface area contributed by atoms with Gasteiger partial charge in [0.2, 0.25) is 5.91 Å².